The van der Waals surface area contributed by atoms with Crippen LogP contribution in [-0.2, 0) is 11.2 Å². The van der Waals surface area contributed by atoms with Crippen LogP contribution in [-0.4, -0.2) is 37.8 Å². The maximum Gasteiger partial charge on any atom is 0.0319 e. The van der Waals surface area contributed by atoms with Crippen LogP contribution < -0.4 is 0 Å². The number of allylic oxidation sites excluding steroid dienone is 10. The average molecular weight is 873 g/mol. The van der Waals surface area contributed by atoms with Gasteiger partial charge in [-0.3, -0.25) is 0 Å². The van der Waals surface area contributed by atoms with Crippen molar-refractivity contribution in [1.82, 2.24) is 0 Å². The summed E-state index contributed by atoms with van der Waals surface area (Å²) in [6.45, 7) is 13.0. The first-order valence-corrected chi connectivity index (χ1v) is 24.0. The van der Waals surface area contributed by atoms with E-state index in [2.05, 4.69) is 207 Å². The molecule has 13 rings (SSSR count). The van der Waals surface area contributed by atoms with Gasteiger partial charge in [-0.1, -0.05) is 26.0 Å². The van der Waals surface area contributed by atoms with Gasteiger partial charge in [-0.25, -0.2) is 0 Å². The first-order valence-electron chi connectivity index (χ1n) is 24.0. The number of aliphatic hydroxyl groups is 1. The van der Waals surface area contributed by atoms with Crippen LogP contribution in [0.15, 0.2) is 192 Å². The van der Waals surface area contributed by atoms with Crippen molar-refractivity contribution in [2.75, 3.05) is 20.3 Å². The number of furan rings is 1. The zero-order valence-corrected chi connectivity index (χ0v) is 39.3. The van der Waals surface area contributed by atoms with E-state index in [1.807, 2.05) is 13.8 Å². The molecule has 1 saturated heterocycles. The van der Waals surface area contributed by atoms with E-state index >= 15 is 0 Å². The minimum absolute atomic E-state index is 0.0282. The van der Waals surface area contributed by atoms with Crippen molar-refractivity contribution in [1.29, 1.82) is 0 Å². The van der Waals surface area contributed by atoms with Crippen molar-refractivity contribution < 1.29 is 14.3 Å². The van der Waals surface area contributed by atoms with Crippen molar-refractivity contribution in [2.24, 2.45) is 5.41 Å². The number of epoxide rings is 1. The van der Waals surface area contributed by atoms with E-state index in [9.17, 15) is 0 Å². The summed E-state index contributed by atoms with van der Waals surface area (Å²) < 4.78 is 11.3. The minimum Gasteiger partial charge on any atom is -0.400 e. The third-order valence-electron chi connectivity index (χ3n) is 13.9. The van der Waals surface area contributed by atoms with Gasteiger partial charge in [-0.2, -0.15) is 0 Å². The van der Waals surface area contributed by atoms with Crippen LogP contribution in [0.1, 0.15) is 61.8 Å². The minimum atomic E-state index is -0.0282. The molecule has 1 aromatic heterocycles. The number of para-hydroxylation sites is 2. The Hall–Kier alpha value is -6.85. The third-order valence-corrected chi connectivity index (χ3v) is 13.9. The molecule has 0 amide bonds. The van der Waals surface area contributed by atoms with E-state index in [-0.39, 0.29) is 5.41 Å². The predicted molar refractivity (Wildman–Crippen MR) is 288 cm³/mol. The molecule has 4 aliphatic rings. The fourth-order valence-electron chi connectivity index (χ4n) is 10.7. The summed E-state index contributed by atoms with van der Waals surface area (Å²) in [6, 6.07) is 49.6. The topological polar surface area (TPSA) is 45.9 Å². The summed E-state index contributed by atoms with van der Waals surface area (Å²) in [4.78, 5) is 0. The normalized spacial score (nSPS) is 17.9. The van der Waals surface area contributed by atoms with Crippen LogP contribution in [0.25, 0.3) is 82.1 Å². The molecule has 0 saturated carbocycles. The van der Waals surface area contributed by atoms with Gasteiger partial charge < -0.3 is 9.84 Å². The van der Waals surface area contributed by atoms with Crippen LogP contribution in [0.3, 0.4) is 0 Å². The molecule has 2 heterocycles. The first kappa shape index (κ1) is 44.0. The zero-order chi connectivity index (χ0) is 46.1. The molecule has 67 heavy (non-hydrogen) atoms. The molecule has 0 radical (unpaired) electrons. The van der Waals surface area contributed by atoms with E-state index < -0.39 is 0 Å². The van der Waals surface area contributed by atoms with Crippen LogP contribution >= 0.6 is 0 Å². The van der Waals surface area contributed by atoms with Gasteiger partial charge in [-0.05, 0) is 0 Å². The smallest absolute Gasteiger partial charge is 0.0319 e. The molecule has 2 bridgehead atoms. The number of ether oxygens (including phenoxy) is 1. The van der Waals surface area contributed by atoms with Gasteiger partial charge in [0.05, 0.1) is 13.2 Å². The fourth-order valence-corrected chi connectivity index (χ4v) is 10.7. The molecule has 0 spiro atoms. The average Bonchev–Trinajstić information content (AvgIpc) is 4.25. The van der Waals surface area contributed by atoms with Gasteiger partial charge in [0.2, 0.25) is 0 Å². The van der Waals surface area contributed by atoms with Gasteiger partial charge in [0.1, 0.15) is 0 Å². The Morgan fingerprint density at radius 2 is 1.40 bits per heavy atom. The molecule has 3 aliphatic carbocycles. The molecule has 9 aromatic rings. The Morgan fingerprint density at radius 3 is 2.19 bits per heavy atom. The summed E-state index contributed by atoms with van der Waals surface area (Å²) in [5.74, 6) is 0.296. The number of fused-ring (bicyclic) bond motifs is 6. The quantitative estimate of drug-likeness (QED) is 0.103. The number of hydrogen-bond acceptors (Lipinski definition) is 3. The summed E-state index contributed by atoms with van der Waals surface area (Å²) in [5.41, 5.74) is 16.3. The van der Waals surface area contributed by atoms with Crippen molar-refractivity contribution in [3.05, 3.63) is 210 Å². The van der Waals surface area contributed by atoms with Crippen molar-refractivity contribution in [3.63, 3.8) is 0 Å². The number of hydrogen-bond donors (Lipinski definition) is 1. The molecule has 3 nitrogen and oxygen atoms in total. The zero-order valence-electron chi connectivity index (χ0n) is 39.3. The van der Waals surface area contributed by atoms with Gasteiger partial charge in [0, 0.05) is 7.11 Å². The van der Waals surface area contributed by atoms with Crippen molar-refractivity contribution >= 4 is 72.2 Å². The molecular formula is C63H57BO3. The second kappa shape index (κ2) is 18.8. The van der Waals surface area contributed by atoms with Gasteiger partial charge in [0.25, 0.3) is 0 Å². The van der Waals surface area contributed by atoms with Gasteiger partial charge >= 0.3 is 341 Å². The van der Waals surface area contributed by atoms with Crippen LogP contribution in [0.4, 0.5) is 0 Å². The number of aliphatic hydroxyl groups excluding tert-OH is 1. The molecule has 8 aromatic carbocycles. The molecule has 330 valence electrons. The van der Waals surface area contributed by atoms with Crippen LogP contribution in [0.2, 0.25) is 6.82 Å². The number of benzene rings is 8. The van der Waals surface area contributed by atoms with E-state index in [1.54, 1.807) is 0 Å². The Kier molecular flexibility index (Phi) is 12.4. The summed E-state index contributed by atoms with van der Waals surface area (Å²) in [7, 11) is 1.00. The van der Waals surface area contributed by atoms with Crippen molar-refractivity contribution in [2.45, 2.75) is 52.8 Å². The monoisotopic (exact) mass is 872 g/mol. The first-order chi connectivity index (χ1) is 33.0. The van der Waals surface area contributed by atoms with Crippen molar-refractivity contribution in [3.8, 4) is 22.3 Å². The Balaban J connectivity index is 0.000000706. The molecular weight excluding hydrogens is 816 g/mol. The third kappa shape index (κ3) is 8.13. The standard InChI is InChI=1S/C58H43BO.C2H4O.C2H6.CH4O/c1-58(30-28-38(29-31-58)37-13-4-3-5-14-37)35-53(59-2)52-34-51(49-20-11-19-48-44-16-8-9-21-54(44)60-57(48)49)46-25-23-39-22-24-43(45-26-27-47(52)56(46)55(39)45)42-18-10-17-41-40-15-7-6-12-36(32-40)33-50(41)42;1-2-3-1;2*1-2/h3-30,32,34,40H,31,33,35H2,1-2H3;1-2H2;1-2H3;2H,1H3. The maximum absolute atomic E-state index is 7.00. The fraction of sp³-hybridized carbons (Fsp3) is 0.190. The molecule has 1 N–H and O–H groups in total. The molecule has 2 atom stereocenters. The summed E-state index contributed by atoms with van der Waals surface area (Å²) in [6.07, 6.45) is 21.5. The summed E-state index contributed by atoms with van der Waals surface area (Å²) >= 11 is 0. The summed E-state index contributed by atoms with van der Waals surface area (Å²) in [5, 5.41) is 17.1. The predicted octanol–water partition coefficient (Wildman–Crippen LogP) is 15.9. The Morgan fingerprint density at radius 1 is 0.687 bits per heavy atom. The SMILES string of the molecule is C1CO1.CB=C(CC1(C)C=CC(c2ccccc2)=CC1)c1cc(-c2cccc3c2oc2ccccc23)c2ccc3ccc(-c4cccc5c4CC4=CC5C=CC=C4)c4ccc1c2c34.CC.CO. The van der Waals surface area contributed by atoms with E-state index in [4.69, 9.17) is 9.52 Å². The second-order valence-corrected chi connectivity index (χ2v) is 18.0. The van der Waals surface area contributed by atoms with Gasteiger partial charge in [-0.15, -0.1) is 0 Å². The second-order valence-electron chi connectivity index (χ2n) is 18.0. The van der Waals surface area contributed by atoms with E-state index in [0.29, 0.717) is 5.92 Å². The molecule has 4 heteroatoms. The van der Waals surface area contributed by atoms with Gasteiger partial charge in [0.15, 0.2) is 0 Å². The molecule has 1 aliphatic heterocycles. The Bertz CT molecular complexity index is 3480. The van der Waals surface area contributed by atoms with E-state index in [1.165, 1.54) is 87.9 Å². The Labute approximate surface area is 395 Å². The van der Waals surface area contributed by atoms with Crippen LogP contribution in [0.5, 0.6) is 0 Å². The maximum atomic E-state index is 7.00. The van der Waals surface area contributed by atoms with E-state index in [0.717, 1.165) is 67.1 Å². The largest absolute Gasteiger partial charge is 0.400 e. The molecule has 1 fully saturated rings. The molecule has 2 unspecified atom stereocenters. The van der Waals surface area contributed by atoms with Crippen LogP contribution in [0, 0.1) is 5.41 Å². The number of rotatable bonds is 6.